The summed E-state index contributed by atoms with van der Waals surface area (Å²) >= 11 is 0. The molecule has 2 aromatic rings. The molecule has 0 radical (unpaired) electrons. The number of fused-ring (bicyclic) bond motifs is 1. The molecule has 0 aromatic heterocycles. The smallest absolute Gasteiger partial charge is 0.317 e. The van der Waals surface area contributed by atoms with Crippen LogP contribution in [0.5, 0.6) is 11.5 Å². The van der Waals surface area contributed by atoms with E-state index in [1.165, 1.54) is 17.2 Å². The lowest BCUT2D eigenvalue weighted by Crippen LogP contribution is -2.45. The van der Waals surface area contributed by atoms with Gasteiger partial charge in [-0.3, -0.25) is 0 Å². The first kappa shape index (κ1) is 16.8. The average Bonchev–Trinajstić information content (AvgIpc) is 3.05. The maximum Gasteiger partial charge on any atom is 0.317 e. The zero-order valence-electron chi connectivity index (χ0n) is 14.7. The maximum absolute atomic E-state index is 12.7. The molecule has 0 saturated carbocycles. The van der Waals surface area contributed by atoms with E-state index in [4.69, 9.17) is 0 Å². The molecule has 3 N–H and O–H groups in total. The molecule has 4 rings (SSSR count). The van der Waals surface area contributed by atoms with Gasteiger partial charge in [0.05, 0.1) is 6.04 Å². The Morgan fingerprint density at radius 1 is 1.00 bits per heavy atom. The van der Waals surface area contributed by atoms with Crippen LogP contribution in [0.25, 0.3) is 0 Å². The summed E-state index contributed by atoms with van der Waals surface area (Å²) in [5, 5.41) is 22.7. The second kappa shape index (κ2) is 6.90. The van der Waals surface area contributed by atoms with E-state index < -0.39 is 0 Å². The Morgan fingerprint density at radius 3 is 2.54 bits per heavy atom. The van der Waals surface area contributed by atoms with Crippen molar-refractivity contribution in [3.63, 3.8) is 0 Å². The fourth-order valence-electron chi connectivity index (χ4n) is 4.22. The van der Waals surface area contributed by atoms with Crippen molar-refractivity contribution < 1.29 is 15.0 Å². The van der Waals surface area contributed by atoms with Gasteiger partial charge in [-0.15, -0.1) is 0 Å². The number of phenols is 2. The van der Waals surface area contributed by atoms with Crippen LogP contribution in [-0.4, -0.2) is 34.2 Å². The Labute approximate surface area is 153 Å². The van der Waals surface area contributed by atoms with E-state index >= 15 is 0 Å². The molecule has 0 unspecified atom stereocenters. The van der Waals surface area contributed by atoms with E-state index in [2.05, 4.69) is 17.4 Å². The SMILES string of the molecule is O=C(N[C@H]1CCc2ccccc21)N1CCC(c2ccc(O)cc2O)CC1. The highest BCUT2D eigenvalue weighted by molar-refractivity contribution is 5.75. The minimum Gasteiger partial charge on any atom is -0.508 e. The molecule has 1 heterocycles. The van der Waals surface area contributed by atoms with Crippen molar-refractivity contribution in [3.8, 4) is 11.5 Å². The number of amides is 2. The van der Waals surface area contributed by atoms with Gasteiger partial charge in [0.15, 0.2) is 0 Å². The number of hydrogen-bond donors (Lipinski definition) is 3. The Bertz CT molecular complexity index is 813. The van der Waals surface area contributed by atoms with E-state index in [9.17, 15) is 15.0 Å². The molecule has 26 heavy (non-hydrogen) atoms. The van der Waals surface area contributed by atoms with Gasteiger partial charge in [0.1, 0.15) is 11.5 Å². The van der Waals surface area contributed by atoms with Crippen LogP contribution in [0.1, 0.15) is 47.9 Å². The number of phenolic OH excluding ortho intramolecular Hbond substituents is 2. The lowest BCUT2D eigenvalue weighted by molar-refractivity contribution is 0.177. The number of piperidine rings is 1. The Hall–Kier alpha value is -2.69. The van der Waals surface area contributed by atoms with Crippen molar-refractivity contribution in [2.45, 2.75) is 37.6 Å². The van der Waals surface area contributed by atoms with Gasteiger partial charge < -0.3 is 20.4 Å². The topological polar surface area (TPSA) is 72.8 Å². The molecule has 1 atom stereocenters. The predicted octanol–water partition coefficient (Wildman–Crippen LogP) is 3.67. The monoisotopic (exact) mass is 352 g/mol. The summed E-state index contributed by atoms with van der Waals surface area (Å²) < 4.78 is 0. The number of likely N-dealkylation sites (tertiary alicyclic amines) is 1. The van der Waals surface area contributed by atoms with Crippen LogP contribution in [0.4, 0.5) is 4.79 Å². The number of rotatable bonds is 2. The van der Waals surface area contributed by atoms with Gasteiger partial charge in [0.25, 0.3) is 0 Å². The first-order chi connectivity index (χ1) is 12.6. The van der Waals surface area contributed by atoms with Crippen LogP contribution in [0.15, 0.2) is 42.5 Å². The molecule has 1 saturated heterocycles. The van der Waals surface area contributed by atoms with Gasteiger partial charge in [-0.1, -0.05) is 30.3 Å². The molecule has 2 amide bonds. The lowest BCUT2D eigenvalue weighted by Gasteiger charge is -2.33. The van der Waals surface area contributed by atoms with Crippen molar-refractivity contribution in [2.24, 2.45) is 0 Å². The summed E-state index contributed by atoms with van der Waals surface area (Å²) in [5.74, 6) is 0.419. The van der Waals surface area contributed by atoms with Crippen molar-refractivity contribution in [3.05, 3.63) is 59.2 Å². The largest absolute Gasteiger partial charge is 0.508 e. The zero-order chi connectivity index (χ0) is 18.1. The molecule has 136 valence electrons. The highest BCUT2D eigenvalue weighted by Gasteiger charge is 2.29. The summed E-state index contributed by atoms with van der Waals surface area (Å²) in [6.07, 6.45) is 3.60. The van der Waals surface area contributed by atoms with Crippen LogP contribution in [-0.2, 0) is 6.42 Å². The van der Waals surface area contributed by atoms with Gasteiger partial charge in [0.2, 0.25) is 0 Å². The first-order valence-corrected chi connectivity index (χ1v) is 9.27. The number of carbonyl (C=O) groups is 1. The van der Waals surface area contributed by atoms with Crippen LogP contribution >= 0.6 is 0 Å². The summed E-state index contributed by atoms with van der Waals surface area (Å²) in [6.45, 7) is 1.34. The molecule has 5 nitrogen and oxygen atoms in total. The fraction of sp³-hybridized carbons (Fsp3) is 0.381. The summed E-state index contributed by atoms with van der Waals surface area (Å²) in [7, 11) is 0. The quantitative estimate of drug-likeness (QED) is 0.772. The Kier molecular flexibility index (Phi) is 4.45. The number of nitrogens with zero attached hydrogens (tertiary/aromatic N) is 1. The molecule has 0 bridgehead atoms. The van der Waals surface area contributed by atoms with E-state index in [-0.39, 0.29) is 29.5 Å². The summed E-state index contributed by atoms with van der Waals surface area (Å²) in [4.78, 5) is 14.5. The normalized spacial score (nSPS) is 20.0. The highest BCUT2D eigenvalue weighted by Crippen LogP contribution is 2.36. The maximum atomic E-state index is 12.7. The van der Waals surface area contributed by atoms with E-state index in [1.54, 1.807) is 12.1 Å². The number of carbonyl (C=O) groups excluding carboxylic acids is 1. The van der Waals surface area contributed by atoms with Gasteiger partial charge in [-0.25, -0.2) is 4.79 Å². The van der Waals surface area contributed by atoms with Gasteiger partial charge in [0, 0.05) is 19.2 Å². The molecular weight excluding hydrogens is 328 g/mol. The van der Waals surface area contributed by atoms with Crippen LogP contribution < -0.4 is 5.32 Å². The predicted molar refractivity (Wildman–Crippen MR) is 99.4 cm³/mol. The van der Waals surface area contributed by atoms with Gasteiger partial charge in [-0.05, 0) is 54.4 Å². The Balaban J connectivity index is 1.35. The van der Waals surface area contributed by atoms with E-state index in [1.807, 2.05) is 17.0 Å². The number of hydrogen-bond acceptors (Lipinski definition) is 3. The minimum atomic E-state index is 0.0000751. The van der Waals surface area contributed by atoms with Crippen molar-refractivity contribution >= 4 is 6.03 Å². The van der Waals surface area contributed by atoms with Crippen molar-refractivity contribution in [1.82, 2.24) is 10.2 Å². The zero-order valence-corrected chi connectivity index (χ0v) is 14.7. The third-order valence-corrected chi connectivity index (χ3v) is 5.67. The van der Waals surface area contributed by atoms with E-state index in [0.29, 0.717) is 13.1 Å². The molecule has 2 aromatic carbocycles. The van der Waals surface area contributed by atoms with Crippen molar-refractivity contribution in [2.75, 3.05) is 13.1 Å². The molecule has 1 aliphatic carbocycles. The van der Waals surface area contributed by atoms with Crippen LogP contribution in [0.2, 0.25) is 0 Å². The number of urea groups is 1. The molecule has 1 aliphatic heterocycles. The van der Waals surface area contributed by atoms with Crippen LogP contribution in [0, 0.1) is 0 Å². The number of nitrogens with one attached hydrogen (secondary N) is 1. The van der Waals surface area contributed by atoms with Gasteiger partial charge in [-0.2, -0.15) is 0 Å². The fourth-order valence-corrected chi connectivity index (χ4v) is 4.22. The van der Waals surface area contributed by atoms with Crippen LogP contribution in [0.3, 0.4) is 0 Å². The van der Waals surface area contributed by atoms with Crippen molar-refractivity contribution in [1.29, 1.82) is 0 Å². The summed E-state index contributed by atoms with van der Waals surface area (Å²) in [5.41, 5.74) is 3.43. The van der Waals surface area contributed by atoms with Gasteiger partial charge >= 0.3 is 6.03 Å². The number of aromatic hydroxyl groups is 2. The number of benzene rings is 2. The second-order valence-corrected chi connectivity index (χ2v) is 7.24. The number of aryl methyl sites for hydroxylation is 1. The third-order valence-electron chi connectivity index (χ3n) is 5.67. The minimum absolute atomic E-state index is 0.0000751. The average molecular weight is 352 g/mol. The summed E-state index contributed by atoms with van der Waals surface area (Å²) in [6, 6.07) is 13.2. The standard InChI is InChI=1S/C21H24N2O3/c24-16-6-7-18(20(25)13-16)15-9-11-23(12-10-15)21(26)22-19-8-5-14-3-1-2-4-17(14)19/h1-4,6-7,13,15,19,24-25H,5,8-12H2,(H,22,26)/t19-/m0/s1. The second-order valence-electron chi connectivity index (χ2n) is 7.24. The highest BCUT2D eigenvalue weighted by atomic mass is 16.3. The molecule has 5 heteroatoms. The molecule has 0 spiro atoms. The molecule has 1 fully saturated rings. The lowest BCUT2D eigenvalue weighted by atomic mass is 9.89. The third kappa shape index (κ3) is 3.21. The molecular formula is C21H24N2O3. The van der Waals surface area contributed by atoms with E-state index in [0.717, 1.165) is 31.2 Å². The molecule has 2 aliphatic rings. The Morgan fingerprint density at radius 2 is 1.77 bits per heavy atom. The first-order valence-electron chi connectivity index (χ1n) is 9.27.